The average Bonchev–Trinajstić information content (AvgIpc) is 3.54. The van der Waals surface area contributed by atoms with Gasteiger partial charge in [0.2, 0.25) is 5.71 Å². The fourth-order valence-corrected chi connectivity index (χ4v) is 7.10. The molecule has 0 bridgehead atoms. The molecule has 6 heteroatoms. The van der Waals surface area contributed by atoms with Gasteiger partial charge in [-0.3, -0.25) is 0 Å². The molecule has 0 aliphatic rings. The number of aromatic nitrogens is 4. The van der Waals surface area contributed by atoms with Crippen molar-refractivity contribution in [3.05, 3.63) is 167 Å². The van der Waals surface area contributed by atoms with E-state index in [1.807, 2.05) is 43.6 Å². The zero-order valence-electron chi connectivity index (χ0n) is 32.0. The molecule has 273 valence electrons. The van der Waals surface area contributed by atoms with Gasteiger partial charge in [-0.05, 0) is 117 Å². The third-order valence-electron chi connectivity index (χ3n) is 10.3. The minimum Gasteiger partial charge on any atom is -0.486 e. The van der Waals surface area contributed by atoms with Gasteiger partial charge >= 0.3 is 0 Å². The molecular weight excluding hydrogens is 853 g/mol. The summed E-state index contributed by atoms with van der Waals surface area (Å²) in [5.41, 5.74) is 18.9. The smallest absolute Gasteiger partial charge is 0.216 e. The maximum absolute atomic E-state index is 6.22. The Bertz CT molecular complexity index is 2840. The Morgan fingerprint density at radius 2 is 1.40 bits per heavy atom. The summed E-state index contributed by atoms with van der Waals surface area (Å²) in [6.45, 7) is 14.7. The van der Waals surface area contributed by atoms with Crippen LogP contribution >= 0.6 is 0 Å². The molecule has 4 aromatic carbocycles. The van der Waals surface area contributed by atoms with Crippen LogP contribution in [0.4, 0.5) is 0 Å². The maximum Gasteiger partial charge on any atom is 0.216 e. The monoisotopic (exact) mass is 893 g/mol. The predicted octanol–water partition coefficient (Wildman–Crippen LogP) is 12.4. The van der Waals surface area contributed by atoms with Crippen LogP contribution in [0.25, 0.3) is 77.9 Å². The molecule has 9 aromatic rings. The molecule has 0 unspecified atom stereocenters. The molecule has 9 rings (SSSR count). The number of fused-ring (bicyclic) bond motifs is 4. The normalized spacial score (nSPS) is 11.0. The molecule has 0 fully saturated rings. The van der Waals surface area contributed by atoms with Crippen molar-refractivity contribution < 1.29 is 24.5 Å². The van der Waals surface area contributed by atoms with Crippen molar-refractivity contribution in [1.29, 1.82) is 0 Å². The summed E-state index contributed by atoms with van der Waals surface area (Å²) in [6.07, 6.45) is 3.77. The van der Waals surface area contributed by atoms with Crippen molar-refractivity contribution >= 4 is 33.0 Å². The van der Waals surface area contributed by atoms with Crippen LogP contribution < -0.4 is 0 Å². The van der Waals surface area contributed by atoms with Crippen molar-refractivity contribution in [2.24, 2.45) is 0 Å². The standard InChI is InChI=1S/C35H26N3O.C14H14N.Ir/c1-20-7-5-8-21(2)33(20)31-16-14-26-23(4)25(13-15-30(26)38-31)24-17-18-36-32(19-24)29-10-6-9-27-28-12-11-22(3)37-35(28)39-34(27)29;1-10-4-6-13(7-5-10)14-8-11(2)12(3)9-15-14;/h5-9,11-19H,1-4H3;4-6,8-9H,1-3H3;/q2*-1;. The Hall–Kier alpha value is -5.81. The van der Waals surface area contributed by atoms with E-state index in [9.17, 15) is 0 Å². The van der Waals surface area contributed by atoms with Gasteiger partial charge in [-0.25, -0.2) is 9.97 Å². The molecule has 0 atom stereocenters. The van der Waals surface area contributed by atoms with Crippen LogP contribution in [-0.4, -0.2) is 19.9 Å². The Morgan fingerprint density at radius 3 is 2.16 bits per heavy atom. The SMILES string of the molecule is Cc1c[c-]c(-c2cc(C)c(C)cn2)cc1.Cc1ccc2c(n1)oc1c(-c3cc(-c4ccc5nc(-c6c(C)cccc6C)ccc5c4C)ccn3)[c-]ccc12.[Ir]. The van der Waals surface area contributed by atoms with E-state index < -0.39 is 0 Å². The Balaban J connectivity index is 0.000000245. The molecule has 0 saturated heterocycles. The first-order valence-electron chi connectivity index (χ1n) is 18.2. The van der Waals surface area contributed by atoms with E-state index in [0.717, 1.165) is 72.3 Å². The van der Waals surface area contributed by atoms with Crippen LogP contribution in [0.5, 0.6) is 0 Å². The van der Waals surface area contributed by atoms with E-state index >= 15 is 0 Å². The van der Waals surface area contributed by atoms with Gasteiger partial charge in [-0.1, -0.05) is 65.9 Å². The molecule has 5 aromatic heterocycles. The van der Waals surface area contributed by atoms with Crippen LogP contribution in [0.1, 0.15) is 39.1 Å². The molecule has 0 saturated carbocycles. The number of hydrogen-bond acceptors (Lipinski definition) is 5. The minimum atomic E-state index is 0. The molecular formula is C49H40IrN4O-2. The summed E-state index contributed by atoms with van der Waals surface area (Å²) in [5.74, 6) is 0. The van der Waals surface area contributed by atoms with Gasteiger partial charge in [0.1, 0.15) is 0 Å². The molecule has 55 heavy (non-hydrogen) atoms. The Labute approximate surface area is 335 Å². The zero-order valence-corrected chi connectivity index (χ0v) is 34.4. The third-order valence-corrected chi connectivity index (χ3v) is 10.3. The van der Waals surface area contributed by atoms with E-state index in [1.165, 1.54) is 38.9 Å². The van der Waals surface area contributed by atoms with E-state index in [4.69, 9.17) is 14.4 Å². The van der Waals surface area contributed by atoms with Gasteiger partial charge < -0.3 is 14.4 Å². The molecule has 0 amide bonds. The summed E-state index contributed by atoms with van der Waals surface area (Å²) in [6, 6.07) is 42.1. The maximum atomic E-state index is 6.22. The first-order valence-corrected chi connectivity index (χ1v) is 18.2. The van der Waals surface area contributed by atoms with Gasteiger partial charge in [0, 0.05) is 54.5 Å². The van der Waals surface area contributed by atoms with E-state index in [1.54, 1.807) is 0 Å². The van der Waals surface area contributed by atoms with E-state index in [-0.39, 0.29) is 20.1 Å². The van der Waals surface area contributed by atoms with E-state index in [2.05, 4.69) is 143 Å². The van der Waals surface area contributed by atoms with Gasteiger partial charge in [-0.2, -0.15) is 0 Å². The van der Waals surface area contributed by atoms with Crippen LogP contribution in [0.15, 0.2) is 120 Å². The topological polar surface area (TPSA) is 64.7 Å². The van der Waals surface area contributed by atoms with Crippen molar-refractivity contribution in [2.45, 2.75) is 48.5 Å². The summed E-state index contributed by atoms with van der Waals surface area (Å²) in [7, 11) is 0. The van der Waals surface area contributed by atoms with Crippen molar-refractivity contribution in [3.8, 4) is 44.9 Å². The summed E-state index contributed by atoms with van der Waals surface area (Å²) >= 11 is 0. The fourth-order valence-electron chi connectivity index (χ4n) is 7.10. The molecule has 0 aliphatic carbocycles. The first-order chi connectivity index (χ1) is 26.1. The molecule has 0 N–H and O–H groups in total. The third kappa shape index (κ3) is 7.36. The van der Waals surface area contributed by atoms with Gasteiger partial charge in [-0.15, -0.1) is 53.6 Å². The number of rotatable bonds is 4. The second-order valence-electron chi connectivity index (χ2n) is 14.1. The van der Waals surface area contributed by atoms with Gasteiger partial charge in [0.15, 0.2) is 0 Å². The van der Waals surface area contributed by atoms with Crippen LogP contribution in [0.2, 0.25) is 0 Å². The Morgan fingerprint density at radius 1 is 0.600 bits per heavy atom. The zero-order chi connectivity index (χ0) is 37.5. The van der Waals surface area contributed by atoms with Crippen LogP contribution in [-0.2, 0) is 20.1 Å². The van der Waals surface area contributed by atoms with Crippen molar-refractivity contribution in [2.75, 3.05) is 0 Å². The second-order valence-corrected chi connectivity index (χ2v) is 14.1. The Kier molecular flexibility index (Phi) is 10.6. The second kappa shape index (κ2) is 15.5. The first kappa shape index (κ1) is 37.5. The van der Waals surface area contributed by atoms with E-state index in [0.29, 0.717) is 5.71 Å². The van der Waals surface area contributed by atoms with Crippen molar-refractivity contribution in [1.82, 2.24) is 19.9 Å². The predicted molar refractivity (Wildman–Crippen MR) is 221 cm³/mol. The quantitative estimate of drug-likeness (QED) is 0.165. The average molecular weight is 893 g/mol. The number of furan rings is 1. The number of nitrogens with zero attached hydrogens (tertiary/aromatic N) is 4. The molecule has 0 aliphatic heterocycles. The number of aryl methyl sites for hydroxylation is 7. The summed E-state index contributed by atoms with van der Waals surface area (Å²) < 4.78 is 6.22. The molecule has 1 radical (unpaired) electrons. The van der Waals surface area contributed by atoms with Crippen LogP contribution in [0.3, 0.4) is 0 Å². The molecule has 0 spiro atoms. The minimum absolute atomic E-state index is 0. The fraction of sp³-hybridized carbons (Fsp3) is 0.143. The van der Waals surface area contributed by atoms with Gasteiger partial charge in [0.25, 0.3) is 0 Å². The molecule has 5 nitrogen and oxygen atoms in total. The summed E-state index contributed by atoms with van der Waals surface area (Å²) in [5, 5.41) is 3.17. The number of hydrogen-bond donors (Lipinski definition) is 0. The summed E-state index contributed by atoms with van der Waals surface area (Å²) in [4.78, 5) is 18.7. The van der Waals surface area contributed by atoms with Gasteiger partial charge in [0.05, 0.1) is 16.8 Å². The largest absolute Gasteiger partial charge is 0.486 e. The molecule has 5 heterocycles. The number of pyridine rings is 4. The van der Waals surface area contributed by atoms with Crippen molar-refractivity contribution in [3.63, 3.8) is 0 Å². The number of benzene rings is 4. The van der Waals surface area contributed by atoms with Crippen LogP contribution in [0, 0.1) is 60.6 Å².